The minimum Gasteiger partial charge on any atom is -0.345 e. The van der Waals surface area contributed by atoms with Crippen LogP contribution in [0.4, 0.5) is 16.2 Å². The minimum atomic E-state index is -0.236. The number of aromatic amines is 1. The van der Waals surface area contributed by atoms with Gasteiger partial charge in [0.05, 0.1) is 33.9 Å². The number of anilines is 2. The molecule has 1 aliphatic heterocycles. The zero-order chi connectivity index (χ0) is 17.0. The lowest BCUT2D eigenvalue weighted by atomic mass is 10.1. The van der Waals surface area contributed by atoms with Gasteiger partial charge in [-0.15, -0.1) is 0 Å². The van der Waals surface area contributed by atoms with E-state index in [9.17, 15) is 4.39 Å². The number of hydrogen-bond acceptors (Lipinski definition) is 5. The van der Waals surface area contributed by atoms with E-state index in [4.69, 9.17) is 11.6 Å². The summed E-state index contributed by atoms with van der Waals surface area (Å²) >= 11 is 5.88. The van der Waals surface area contributed by atoms with E-state index in [1.54, 1.807) is 18.5 Å². The average Bonchev–Trinajstić information content (AvgIpc) is 3.23. The van der Waals surface area contributed by atoms with Crippen LogP contribution < -0.4 is 9.80 Å². The third-order valence-electron chi connectivity index (χ3n) is 5.14. The molecule has 0 unspecified atom stereocenters. The Hall–Kier alpha value is -2.41. The molecule has 2 fully saturated rings. The maximum Gasteiger partial charge on any atom is 0.225 e. The summed E-state index contributed by atoms with van der Waals surface area (Å²) in [7, 11) is 0. The van der Waals surface area contributed by atoms with Crippen LogP contribution in [0.15, 0.2) is 30.6 Å². The summed E-state index contributed by atoms with van der Waals surface area (Å²) in [6.45, 7) is 2.31. The topological polar surface area (TPSA) is 60.9 Å². The molecular weight excluding hydrogens is 343 g/mol. The molecule has 3 aromatic rings. The third-order valence-corrected chi connectivity index (χ3v) is 5.34. The highest BCUT2D eigenvalue weighted by Crippen LogP contribution is 2.47. The molecule has 6 nitrogen and oxygen atoms in total. The van der Waals surface area contributed by atoms with Gasteiger partial charge < -0.3 is 9.80 Å². The number of halogens is 2. The number of piperazine rings is 1. The Bertz CT molecular complexity index is 936. The van der Waals surface area contributed by atoms with Crippen LogP contribution in [0, 0.1) is 5.82 Å². The SMILES string of the molecule is Fc1cccc2[nH]nc(N3CCN(c4ncc(Cl)cn4)CC34CC4)c12. The highest BCUT2D eigenvalue weighted by Gasteiger charge is 2.53. The van der Waals surface area contributed by atoms with Gasteiger partial charge in [0.1, 0.15) is 5.82 Å². The monoisotopic (exact) mass is 358 g/mol. The van der Waals surface area contributed by atoms with Crippen molar-refractivity contribution < 1.29 is 4.39 Å². The van der Waals surface area contributed by atoms with Gasteiger partial charge in [0, 0.05) is 19.6 Å². The molecule has 0 bridgehead atoms. The molecule has 1 aromatic carbocycles. The van der Waals surface area contributed by atoms with Gasteiger partial charge in [0.25, 0.3) is 0 Å². The molecule has 2 aliphatic rings. The van der Waals surface area contributed by atoms with Crippen LogP contribution >= 0.6 is 11.6 Å². The molecule has 1 N–H and O–H groups in total. The Balaban J connectivity index is 1.48. The quantitative estimate of drug-likeness (QED) is 0.763. The Morgan fingerprint density at radius 2 is 1.96 bits per heavy atom. The first kappa shape index (κ1) is 14.9. The summed E-state index contributed by atoms with van der Waals surface area (Å²) in [6, 6.07) is 5.04. The van der Waals surface area contributed by atoms with Crippen molar-refractivity contribution in [2.45, 2.75) is 18.4 Å². The molecule has 0 radical (unpaired) electrons. The zero-order valence-corrected chi connectivity index (χ0v) is 14.2. The molecule has 2 aromatic heterocycles. The Labute approximate surface area is 148 Å². The molecule has 25 heavy (non-hydrogen) atoms. The first-order chi connectivity index (χ1) is 12.2. The molecule has 8 heteroatoms. The van der Waals surface area contributed by atoms with Gasteiger partial charge in [-0.1, -0.05) is 17.7 Å². The standard InChI is InChI=1S/C17H16ClFN6/c18-11-8-20-16(21-9-11)24-6-7-25(17(10-24)4-5-17)15-14-12(19)2-1-3-13(14)22-23-15/h1-3,8-9H,4-7,10H2,(H,22,23). The summed E-state index contributed by atoms with van der Waals surface area (Å²) in [5.74, 6) is 1.16. The summed E-state index contributed by atoms with van der Waals surface area (Å²) in [6.07, 6.45) is 5.35. The van der Waals surface area contributed by atoms with Gasteiger partial charge in [-0.3, -0.25) is 5.10 Å². The van der Waals surface area contributed by atoms with Gasteiger partial charge in [-0.05, 0) is 25.0 Å². The number of hydrogen-bond donors (Lipinski definition) is 1. The Kier molecular flexibility index (Phi) is 3.15. The van der Waals surface area contributed by atoms with Gasteiger partial charge in [0.2, 0.25) is 5.95 Å². The highest BCUT2D eigenvalue weighted by atomic mass is 35.5. The normalized spacial score (nSPS) is 19.0. The number of H-pyrrole nitrogens is 1. The lowest BCUT2D eigenvalue weighted by molar-refractivity contribution is 0.499. The van der Waals surface area contributed by atoms with Crippen LogP contribution in [0.25, 0.3) is 10.9 Å². The van der Waals surface area contributed by atoms with Crippen LogP contribution in [0.2, 0.25) is 5.02 Å². The molecular formula is C17H16ClFN6. The van der Waals surface area contributed by atoms with E-state index in [0.717, 1.165) is 38.0 Å². The van der Waals surface area contributed by atoms with Crippen molar-refractivity contribution in [2.75, 3.05) is 29.4 Å². The zero-order valence-electron chi connectivity index (χ0n) is 13.4. The lowest BCUT2D eigenvalue weighted by Crippen LogP contribution is -2.56. The van der Waals surface area contributed by atoms with Crippen molar-refractivity contribution in [1.82, 2.24) is 20.2 Å². The highest BCUT2D eigenvalue weighted by molar-refractivity contribution is 6.30. The van der Waals surface area contributed by atoms with E-state index in [1.165, 1.54) is 6.07 Å². The molecule has 1 spiro atoms. The van der Waals surface area contributed by atoms with Gasteiger partial charge in [0.15, 0.2) is 5.82 Å². The molecule has 3 heterocycles. The second kappa shape index (κ2) is 5.29. The second-order valence-corrected chi connectivity index (χ2v) is 7.14. The maximum absolute atomic E-state index is 14.4. The van der Waals surface area contributed by atoms with Crippen molar-refractivity contribution in [3.63, 3.8) is 0 Å². The van der Waals surface area contributed by atoms with E-state index < -0.39 is 0 Å². The predicted molar refractivity (Wildman–Crippen MR) is 94.6 cm³/mol. The van der Waals surface area contributed by atoms with Crippen LogP contribution in [0.5, 0.6) is 0 Å². The van der Waals surface area contributed by atoms with E-state index in [0.29, 0.717) is 22.2 Å². The van der Waals surface area contributed by atoms with Crippen molar-refractivity contribution in [3.05, 3.63) is 41.4 Å². The molecule has 5 rings (SSSR count). The molecule has 1 saturated heterocycles. The summed E-state index contributed by atoms with van der Waals surface area (Å²) in [4.78, 5) is 13.1. The number of aromatic nitrogens is 4. The fourth-order valence-corrected chi connectivity index (χ4v) is 3.83. The van der Waals surface area contributed by atoms with Gasteiger partial charge in [-0.2, -0.15) is 5.10 Å². The Morgan fingerprint density at radius 1 is 1.16 bits per heavy atom. The molecule has 1 aliphatic carbocycles. The third kappa shape index (κ3) is 2.33. The summed E-state index contributed by atoms with van der Waals surface area (Å²) in [5, 5.41) is 8.48. The van der Waals surface area contributed by atoms with Gasteiger partial charge >= 0.3 is 0 Å². The largest absolute Gasteiger partial charge is 0.345 e. The fraction of sp³-hybridized carbons (Fsp3) is 0.353. The first-order valence-corrected chi connectivity index (χ1v) is 8.67. The van der Waals surface area contributed by atoms with Crippen molar-refractivity contribution in [3.8, 4) is 0 Å². The van der Waals surface area contributed by atoms with E-state index in [-0.39, 0.29) is 11.4 Å². The van der Waals surface area contributed by atoms with Crippen LogP contribution in [0.1, 0.15) is 12.8 Å². The maximum atomic E-state index is 14.4. The molecule has 1 saturated carbocycles. The van der Waals surface area contributed by atoms with Crippen LogP contribution in [-0.4, -0.2) is 45.3 Å². The van der Waals surface area contributed by atoms with Crippen molar-refractivity contribution >= 4 is 34.3 Å². The minimum absolute atomic E-state index is 0.0222. The van der Waals surface area contributed by atoms with Crippen LogP contribution in [0.3, 0.4) is 0 Å². The molecule has 128 valence electrons. The van der Waals surface area contributed by atoms with Crippen molar-refractivity contribution in [1.29, 1.82) is 0 Å². The number of nitrogens with one attached hydrogen (secondary N) is 1. The van der Waals surface area contributed by atoms with Gasteiger partial charge in [-0.25, -0.2) is 14.4 Å². The van der Waals surface area contributed by atoms with E-state index in [1.807, 2.05) is 6.07 Å². The van der Waals surface area contributed by atoms with E-state index in [2.05, 4.69) is 30.0 Å². The molecule has 0 atom stereocenters. The lowest BCUT2D eigenvalue weighted by Gasteiger charge is -2.42. The summed E-state index contributed by atoms with van der Waals surface area (Å²) < 4.78 is 14.4. The van der Waals surface area contributed by atoms with Crippen LogP contribution in [-0.2, 0) is 0 Å². The average molecular weight is 359 g/mol. The second-order valence-electron chi connectivity index (χ2n) is 6.71. The number of rotatable bonds is 2. The first-order valence-electron chi connectivity index (χ1n) is 8.29. The van der Waals surface area contributed by atoms with E-state index >= 15 is 0 Å². The predicted octanol–water partition coefficient (Wildman–Crippen LogP) is 3.00. The molecule has 0 amide bonds. The Morgan fingerprint density at radius 3 is 2.72 bits per heavy atom. The number of benzene rings is 1. The summed E-state index contributed by atoms with van der Waals surface area (Å²) in [5.41, 5.74) is 0.709. The smallest absolute Gasteiger partial charge is 0.225 e. The fourth-order valence-electron chi connectivity index (χ4n) is 3.73. The van der Waals surface area contributed by atoms with Crippen molar-refractivity contribution in [2.24, 2.45) is 0 Å². The number of nitrogens with zero attached hydrogens (tertiary/aromatic N) is 5. The number of fused-ring (bicyclic) bond motifs is 1.